The van der Waals surface area contributed by atoms with E-state index in [1.807, 2.05) is 38.2 Å². The second kappa shape index (κ2) is 9.54. The summed E-state index contributed by atoms with van der Waals surface area (Å²) in [6, 6.07) is 5.73. The van der Waals surface area contributed by atoms with Crippen LogP contribution in [0, 0.1) is 17.8 Å². The molecule has 4 aliphatic rings. The summed E-state index contributed by atoms with van der Waals surface area (Å²) in [5.74, 6) is -1.75. The van der Waals surface area contributed by atoms with Crippen LogP contribution in [0.15, 0.2) is 48.6 Å². The fraction of sp³-hybridized carbons (Fsp3) is 0.519. The Kier molecular flexibility index (Phi) is 6.72. The molecule has 0 bridgehead atoms. The number of halogens is 1. The van der Waals surface area contributed by atoms with Crippen molar-refractivity contribution in [3.05, 3.63) is 53.6 Å². The number of thioether (sulfide) groups is 1. The Morgan fingerprint density at radius 2 is 1.83 bits per heavy atom. The van der Waals surface area contributed by atoms with Crippen LogP contribution in [0.1, 0.15) is 20.3 Å². The van der Waals surface area contributed by atoms with Crippen LogP contribution in [0.25, 0.3) is 0 Å². The molecule has 4 heterocycles. The lowest BCUT2D eigenvalue weighted by Crippen LogP contribution is -2.58. The van der Waals surface area contributed by atoms with Gasteiger partial charge in [-0.25, -0.2) is 0 Å². The van der Waals surface area contributed by atoms with Crippen LogP contribution in [-0.2, 0) is 14.4 Å². The van der Waals surface area contributed by atoms with Crippen molar-refractivity contribution in [1.82, 2.24) is 9.80 Å². The third kappa shape index (κ3) is 3.72. The molecule has 4 aliphatic heterocycles. The van der Waals surface area contributed by atoms with Gasteiger partial charge in [0.15, 0.2) is 0 Å². The van der Waals surface area contributed by atoms with Gasteiger partial charge < -0.3 is 19.8 Å². The Morgan fingerprint density at radius 3 is 2.50 bits per heavy atom. The molecule has 1 aromatic carbocycles. The quantitative estimate of drug-likeness (QED) is 0.593. The van der Waals surface area contributed by atoms with E-state index in [1.54, 1.807) is 57.8 Å². The topological polar surface area (TPSA) is 81.2 Å². The number of nitrogens with zero attached hydrogens (tertiary/aromatic N) is 3. The molecular weight excluding hydrogens is 498 g/mol. The summed E-state index contributed by atoms with van der Waals surface area (Å²) < 4.78 is -0.899. The standard InChI is InChI=1S/C27H32ClN3O4S/c1-4-16(2)19(15-32)31-23-26(35)30(18-10-8-17(28)9-11-18)14-6-12-27(23)22(25(31)34)21-20(36-27)7-5-13-29(3)24(21)33/h5-12,16,19-23,32H,4,13-15H2,1-3H3/t16-,19-,20-,21+,22-,23?,27-/m0/s1. The second-order valence-corrected chi connectivity index (χ2v) is 12.1. The van der Waals surface area contributed by atoms with Crippen molar-refractivity contribution in [1.29, 1.82) is 0 Å². The molecule has 3 amide bonds. The van der Waals surface area contributed by atoms with Gasteiger partial charge in [0.1, 0.15) is 6.04 Å². The lowest BCUT2D eigenvalue weighted by Gasteiger charge is -2.40. The maximum atomic E-state index is 14.4. The van der Waals surface area contributed by atoms with Crippen LogP contribution in [0.2, 0.25) is 5.02 Å². The fourth-order valence-electron chi connectivity index (χ4n) is 6.23. The van der Waals surface area contributed by atoms with Gasteiger partial charge >= 0.3 is 0 Å². The number of rotatable bonds is 5. The molecule has 0 aliphatic carbocycles. The number of hydrogen-bond acceptors (Lipinski definition) is 5. The van der Waals surface area contributed by atoms with Gasteiger partial charge in [-0.1, -0.05) is 56.2 Å². The van der Waals surface area contributed by atoms with E-state index in [1.165, 1.54) is 0 Å². The largest absolute Gasteiger partial charge is 0.394 e. The minimum Gasteiger partial charge on any atom is -0.394 e. The summed E-state index contributed by atoms with van der Waals surface area (Å²) in [5.41, 5.74) is 0.693. The molecule has 0 radical (unpaired) electrons. The van der Waals surface area contributed by atoms with Crippen molar-refractivity contribution in [3.8, 4) is 0 Å². The lowest BCUT2D eigenvalue weighted by atomic mass is 9.78. The number of aliphatic hydroxyl groups excluding tert-OH is 1. The lowest BCUT2D eigenvalue weighted by molar-refractivity contribution is -0.145. The van der Waals surface area contributed by atoms with E-state index in [0.717, 1.165) is 6.42 Å². The van der Waals surface area contributed by atoms with E-state index in [2.05, 4.69) is 0 Å². The number of hydrogen-bond donors (Lipinski definition) is 1. The highest BCUT2D eigenvalue weighted by atomic mass is 35.5. The summed E-state index contributed by atoms with van der Waals surface area (Å²) in [5, 5.41) is 10.8. The van der Waals surface area contributed by atoms with Crippen molar-refractivity contribution >= 4 is 46.8 Å². The van der Waals surface area contributed by atoms with Gasteiger partial charge in [0.05, 0.1) is 29.2 Å². The Balaban J connectivity index is 1.66. The average molecular weight is 530 g/mol. The maximum absolute atomic E-state index is 14.4. The van der Waals surface area contributed by atoms with Crippen molar-refractivity contribution in [3.63, 3.8) is 0 Å². The number of likely N-dealkylation sites (N-methyl/N-ethyl adjacent to an activating group) is 1. The van der Waals surface area contributed by atoms with E-state index in [4.69, 9.17) is 11.6 Å². The molecule has 9 heteroatoms. The number of amides is 3. The number of aliphatic hydroxyl groups is 1. The van der Waals surface area contributed by atoms with Crippen molar-refractivity contribution in [2.24, 2.45) is 17.8 Å². The van der Waals surface area contributed by atoms with Crippen LogP contribution in [0.4, 0.5) is 5.69 Å². The highest BCUT2D eigenvalue weighted by Crippen LogP contribution is 2.61. The number of likely N-dealkylation sites (tertiary alicyclic amines) is 1. The minimum absolute atomic E-state index is 0.0213. The molecule has 2 fully saturated rings. The summed E-state index contributed by atoms with van der Waals surface area (Å²) in [4.78, 5) is 47.2. The Morgan fingerprint density at radius 1 is 1.11 bits per heavy atom. The van der Waals surface area contributed by atoms with Crippen molar-refractivity contribution in [2.75, 3.05) is 31.6 Å². The van der Waals surface area contributed by atoms with Crippen molar-refractivity contribution < 1.29 is 19.5 Å². The number of benzene rings is 1. The van der Waals surface area contributed by atoms with Crippen molar-refractivity contribution in [2.45, 2.75) is 42.3 Å². The first kappa shape index (κ1) is 25.4. The second-order valence-electron chi connectivity index (χ2n) is 10.2. The molecule has 36 heavy (non-hydrogen) atoms. The Bertz CT molecular complexity index is 1120. The first-order valence-electron chi connectivity index (χ1n) is 12.5. The first-order chi connectivity index (χ1) is 17.2. The molecule has 0 aromatic heterocycles. The summed E-state index contributed by atoms with van der Waals surface area (Å²) >= 11 is 7.65. The highest BCUT2D eigenvalue weighted by molar-refractivity contribution is 8.02. The van der Waals surface area contributed by atoms with E-state index >= 15 is 0 Å². The van der Waals surface area contributed by atoms with E-state index < -0.39 is 28.7 Å². The maximum Gasteiger partial charge on any atom is 0.251 e. The summed E-state index contributed by atoms with van der Waals surface area (Å²) in [7, 11) is 1.76. The molecule has 1 spiro atoms. The normalized spacial score (nSPS) is 33.2. The predicted molar refractivity (Wildman–Crippen MR) is 142 cm³/mol. The molecule has 7 nitrogen and oxygen atoms in total. The Hall–Kier alpha value is -2.29. The molecule has 2 saturated heterocycles. The zero-order valence-corrected chi connectivity index (χ0v) is 22.3. The van der Waals surface area contributed by atoms with Gasteiger partial charge in [-0.2, -0.15) is 0 Å². The smallest absolute Gasteiger partial charge is 0.251 e. The SMILES string of the molecule is CC[C@H](C)[C@H](CO)N1C(=O)[C@@H]2[C@@H]3C(=O)N(C)CC=C[C@@H]3S[C@@]23C=CCN(c2ccc(Cl)cc2)C(=O)C13. The summed E-state index contributed by atoms with van der Waals surface area (Å²) in [6.07, 6.45) is 8.69. The van der Waals surface area contributed by atoms with E-state index in [0.29, 0.717) is 23.8 Å². The van der Waals surface area contributed by atoms with Crippen LogP contribution in [0.3, 0.4) is 0 Å². The van der Waals surface area contributed by atoms with Gasteiger partial charge in [0.25, 0.3) is 5.91 Å². The fourth-order valence-corrected chi connectivity index (χ4v) is 8.35. The zero-order valence-electron chi connectivity index (χ0n) is 20.7. The van der Waals surface area contributed by atoms with Crippen LogP contribution in [-0.4, -0.2) is 81.5 Å². The average Bonchev–Trinajstić information content (AvgIpc) is 3.19. The number of carbonyl (C=O) groups is 3. The van der Waals surface area contributed by atoms with Gasteiger partial charge in [0.2, 0.25) is 11.8 Å². The molecule has 5 rings (SSSR count). The summed E-state index contributed by atoms with van der Waals surface area (Å²) in [6.45, 7) is 4.61. The first-order valence-corrected chi connectivity index (χ1v) is 13.8. The van der Waals surface area contributed by atoms with Gasteiger partial charge in [-0.15, -0.1) is 11.8 Å². The van der Waals surface area contributed by atoms with Crippen LogP contribution in [0.5, 0.6) is 0 Å². The van der Waals surface area contributed by atoms with Crippen LogP contribution >= 0.6 is 23.4 Å². The molecule has 192 valence electrons. The van der Waals surface area contributed by atoms with Gasteiger partial charge in [-0.05, 0) is 30.2 Å². The minimum atomic E-state index is -0.899. The Labute approximate surface area is 221 Å². The molecule has 0 saturated carbocycles. The molecule has 1 N–H and O–H groups in total. The number of fused-ring (bicyclic) bond motifs is 2. The third-order valence-electron chi connectivity index (χ3n) is 8.28. The monoisotopic (exact) mass is 529 g/mol. The highest BCUT2D eigenvalue weighted by Gasteiger charge is 2.71. The predicted octanol–water partition coefficient (Wildman–Crippen LogP) is 2.98. The zero-order chi connectivity index (χ0) is 25.8. The number of carbonyl (C=O) groups excluding carboxylic acids is 3. The third-order valence-corrected chi connectivity index (χ3v) is 10.3. The molecular formula is C27H32ClN3O4S. The van der Waals surface area contributed by atoms with E-state index in [-0.39, 0.29) is 35.5 Å². The van der Waals surface area contributed by atoms with Crippen LogP contribution < -0.4 is 4.90 Å². The van der Waals surface area contributed by atoms with E-state index in [9.17, 15) is 19.5 Å². The number of anilines is 1. The van der Waals surface area contributed by atoms with Gasteiger partial charge in [0, 0.05) is 36.1 Å². The molecule has 1 aromatic rings. The molecule has 7 atom stereocenters. The van der Waals surface area contributed by atoms with Gasteiger partial charge in [-0.3, -0.25) is 14.4 Å². The molecule has 1 unspecified atom stereocenters.